The second-order valence-electron chi connectivity index (χ2n) is 3.92. The summed E-state index contributed by atoms with van der Waals surface area (Å²) >= 11 is 1.79. The van der Waals surface area contributed by atoms with Crippen molar-refractivity contribution in [2.45, 2.75) is 19.9 Å². The van der Waals surface area contributed by atoms with E-state index in [1.807, 2.05) is 0 Å². The van der Waals surface area contributed by atoms with Gasteiger partial charge in [-0.05, 0) is 30.7 Å². The first-order chi connectivity index (χ1) is 8.72. The maximum absolute atomic E-state index is 13.0. The highest BCUT2D eigenvalue weighted by molar-refractivity contribution is 7.12. The van der Waals surface area contributed by atoms with E-state index in [2.05, 4.69) is 24.4 Å². The molecule has 0 fully saturated rings. The fourth-order valence-electron chi connectivity index (χ4n) is 1.70. The minimum Gasteiger partial charge on any atom is -0.494 e. The lowest BCUT2D eigenvalue weighted by Gasteiger charge is -2.10. The largest absolute Gasteiger partial charge is 0.494 e. The van der Waals surface area contributed by atoms with Crippen molar-refractivity contribution in [2.24, 2.45) is 0 Å². The van der Waals surface area contributed by atoms with Gasteiger partial charge < -0.3 is 10.1 Å². The van der Waals surface area contributed by atoms with Crippen LogP contribution in [0.5, 0.6) is 5.75 Å². The van der Waals surface area contributed by atoms with Gasteiger partial charge in [-0.1, -0.05) is 6.92 Å². The van der Waals surface area contributed by atoms with Crippen LogP contribution < -0.4 is 10.1 Å². The van der Waals surface area contributed by atoms with Gasteiger partial charge in [0.2, 0.25) is 0 Å². The van der Waals surface area contributed by atoms with Crippen LogP contribution in [-0.2, 0) is 13.0 Å². The summed E-state index contributed by atoms with van der Waals surface area (Å²) in [5.74, 6) is 0.240. The molecule has 0 spiro atoms. The molecule has 18 heavy (non-hydrogen) atoms. The molecule has 0 unspecified atom stereocenters. The Bertz CT molecular complexity index is 524. The SMILES string of the molecule is CCc1ccc(CNc2ccc(F)cc2OC)s1. The number of ether oxygens (including phenoxy) is 1. The average Bonchev–Trinajstić information content (AvgIpc) is 2.85. The van der Waals surface area contributed by atoms with Crippen molar-refractivity contribution in [1.82, 2.24) is 0 Å². The van der Waals surface area contributed by atoms with Gasteiger partial charge in [0.15, 0.2) is 0 Å². The van der Waals surface area contributed by atoms with Crippen molar-refractivity contribution in [3.63, 3.8) is 0 Å². The summed E-state index contributed by atoms with van der Waals surface area (Å²) in [6.07, 6.45) is 1.06. The molecule has 0 saturated heterocycles. The quantitative estimate of drug-likeness (QED) is 0.880. The van der Waals surface area contributed by atoms with Gasteiger partial charge in [-0.15, -0.1) is 11.3 Å². The normalized spacial score (nSPS) is 10.4. The predicted molar refractivity (Wildman–Crippen MR) is 74.0 cm³/mol. The van der Waals surface area contributed by atoms with E-state index >= 15 is 0 Å². The van der Waals surface area contributed by atoms with Gasteiger partial charge in [0.1, 0.15) is 11.6 Å². The summed E-state index contributed by atoms with van der Waals surface area (Å²) in [4.78, 5) is 2.64. The first-order valence-corrected chi connectivity index (χ1v) is 6.69. The summed E-state index contributed by atoms with van der Waals surface area (Å²) in [6, 6.07) is 8.77. The van der Waals surface area contributed by atoms with Gasteiger partial charge in [-0.3, -0.25) is 0 Å². The van der Waals surface area contributed by atoms with Crippen LogP contribution in [0.3, 0.4) is 0 Å². The number of aryl methyl sites for hydroxylation is 1. The molecule has 2 aromatic rings. The molecule has 1 aromatic carbocycles. The van der Waals surface area contributed by atoms with E-state index < -0.39 is 0 Å². The summed E-state index contributed by atoms with van der Waals surface area (Å²) in [5.41, 5.74) is 0.811. The number of thiophene rings is 1. The minimum absolute atomic E-state index is 0.290. The highest BCUT2D eigenvalue weighted by Gasteiger charge is 2.05. The molecule has 96 valence electrons. The molecular weight excluding hydrogens is 249 g/mol. The third kappa shape index (κ3) is 3.01. The summed E-state index contributed by atoms with van der Waals surface area (Å²) in [7, 11) is 1.54. The van der Waals surface area contributed by atoms with E-state index in [1.54, 1.807) is 24.5 Å². The minimum atomic E-state index is -0.290. The van der Waals surface area contributed by atoms with Crippen LogP contribution in [0.25, 0.3) is 0 Å². The number of hydrogen-bond donors (Lipinski definition) is 1. The highest BCUT2D eigenvalue weighted by Crippen LogP contribution is 2.26. The zero-order valence-corrected chi connectivity index (χ0v) is 11.3. The smallest absolute Gasteiger partial charge is 0.144 e. The van der Waals surface area contributed by atoms with Gasteiger partial charge in [0.05, 0.1) is 12.8 Å². The van der Waals surface area contributed by atoms with E-state index in [0.29, 0.717) is 5.75 Å². The number of hydrogen-bond acceptors (Lipinski definition) is 3. The molecule has 2 rings (SSSR count). The molecule has 4 heteroatoms. The number of benzene rings is 1. The van der Waals surface area contributed by atoms with Crippen molar-refractivity contribution in [2.75, 3.05) is 12.4 Å². The number of halogens is 1. The second-order valence-corrected chi connectivity index (χ2v) is 5.17. The Morgan fingerprint density at radius 2 is 2.00 bits per heavy atom. The van der Waals surface area contributed by atoms with Crippen LogP contribution in [0, 0.1) is 5.82 Å². The zero-order valence-electron chi connectivity index (χ0n) is 10.5. The highest BCUT2D eigenvalue weighted by atomic mass is 32.1. The number of nitrogens with one attached hydrogen (secondary N) is 1. The van der Waals surface area contributed by atoms with Crippen LogP contribution in [0.4, 0.5) is 10.1 Å². The van der Waals surface area contributed by atoms with Crippen LogP contribution in [0.15, 0.2) is 30.3 Å². The lowest BCUT2D eigenvalue weighted by molar-refractivity contribution is 0.413. The van der Waals surface area contributed by atoms with Gasteiger partial charge in [-0.25, -0.2) is 4.39 Å². The van der Waals surface area contributed by atoms with Crippen molar-refractivity contribution < 1.29 is 9.13 Å². The Kier molecular flexibility index (Phi) is 4.20. The van der Waals surface area contributed by atoms with Gasteiger partial charge in [-0.2, -0.15) is 0 Å². The number of anilines is 1. The summed E-state index contributed by atoms with van der Waals surface area (Å²) < 4.78 is 18.2. The molecule has 2 nitrogen and oxygen atoms in total. The molecule has 0 saturated carbocycles. The van der Waals surface area contributed by atoms with Crippen molar-refractivity contribution in [3.8, 4) is 5.75 Å². The molecule has 1 aromatic heterocycles. The van der Waals surface area contributed by atoms with E-state index in [0.717, 1.165) is 18.7 Å². The molecule has 0 aliphatic carbocycles. The standard InChI is InChI=1S/C14H16FNOS/c1-3-11-5-6-12(18-11)9-16-13-7-4-10(15)8-14(13)17-2/h4-8,16H,3,9H2,1-2H3. The Balaban J connectivity index is 2.05. The molecule has 1 N–H and O–H groups in total. The molecule has 0 bridgehead atoms. The Labute approximate surface area is 110 Å². The van der Waals surface area contributed by atoms with E-state index in [-0.39, 0.29) is 5.82 Å². The predicted octanol–water partition coefficient (Wildman–Crippen LogP) is 4.07. The van der Waals surface area contributed by atoms with Crippen molar-refractivity contribution >= 4 is 17.0 Å². The lowest BCUT2D eigenvalue weighted by atomic mass is 10.2. The maximum atomic E-state index is 13.0. The van der Waals surface area contributed by atoms with E-state index in [9.17, 15) is 4.39 Å². The Morgan fingerprint density at radius 1 is 1.22 bits per heavy atom. The molecule has 0 radical (unpaired) electrons. The summed E-state index contributed by atoms with van der Waals surface area (Å²) in [6.45, 7) is 2.87. The first kappa shape index (κ1) is 12.9. The number of methoxy groups -OCH3 is 1. The van der Waals surface area contributed by atoms with Gasteiger partial charge >= 0.3 is 0 Å². The fourth-order valence-corrected chi connectivity index (χ4v) is 2.60. The molecular formula is C14H16FNOS. The lowest BCUT2D eigenvalue weighted by Crippen LogP contribution is -2.00. The van der Waals surface area contributed by atoms with E-state index in [4.69, 9.17) is 4.74 Å². The first-order valence-electron chi connectivity index (χ1n) is 5.88. The third-order valence-electron chi connectivity index (χ3n) is 2.68. The molecule has 1 heterocycles. The average molecular weight is 265 g/mol. The van der Waals surface area contributed by atoms with Crippen LogP contribution in [-0.4, -0.2) is 7.11 Å². The Morgan fingerprint density at radius 3 is 2.67 bits per heavy atom. The van der Waals surface area contributed by atoms with Crippen molar-refractivity contribution in [1.29, 1.82) is 0 Å². The van der Waals surface area contributed by atoms with Crippen LogP contribution in [0.2, 0.25) is 0 Å². The van der Waals surface area contributed by atoms with Crippen molar-refractivity contribution in [3.05, 3.63) is 45.9 Å². The van der Waals surface area contributed by atoms with Crippen LogP contribution in [0.1, 0.15) is 16.7 Å². The zero-order chi connectivity index (χ0) is 13.0. The third-order valence-corrected chi connectivity index (χ3v) is 3.91. The van der Waals surface area contributed by atoms with Gasteiger partial charge in [0.25, 0.3) is 0 Å². The van der Waals surface area contributed by atoms with Crippen LogP contribution >= 0.6 is 11.3 Å². The van der Waals surface area contributed by atoms with E-state index in [1.165, 1.54) is 21.9 Å². The molecule has 0 amide bonds. The monoisotopic (exact) mass is 265 g/mol. The topological polar surface area (TPSA) is 21.3 Å². The Hall–Kier alpha value is -1.55. The fraction of sp³-hybridized carbons (Fsp3) is 0.286. The second kappa shape index (κ2) is 5.87. The number of rotatable bonds is 5. The molecule has 0 aliphatic rings. The summed E-state index contributed by atoms with van der Waals surface area (Å²) in [5, 5.41) is 3.26. The van der Waals surface area contributed by atoms with Gasteiger partial charge in [0, 0.05) is 22.4 Å². The molecule has 0 aliphatic heterocycles. The maximum Gasteiger partial charge on any atom is 0.144 e. The molecule has 0 atom stereocenters.